The van der Waals surface area contributed by atoms with Crippen molar-refractivity contribution >= 4 is 35.1 Å². The number of amides is 3. The zero-order valence-corrected chi connectivity index (χ0v) is 20.8. The number of methoxy groups -OCH3 is 1. The molecule has 0 aliphatic carbocycles. The van der Waals surface area contributed by atoms with Crippen molar-refractivity contribution in [2.24, 2.45) is 13.0 Å². The highest BCUT2D eigenvalue weighted by Crippen LogP contribution is 2.37. The van der Waals surface area contributed by atoms with Crippen LogP contribution in [0.2, 0.25) is 0 Å². The van der Waals surface area contributed by atoms with Crippen LogP contribution in [0.4, 0.5) is 22.0 Å². The topological polar surface area (TPSA) is 165 Å². The van der Waals surface area contributed by atoms with Crippen molar-refractivity contribution in [3.8, 4) is 17.1 Å². The van der Waals surface area contributed by atoms with E-state index in [0.29, 0.717) is 22.8 Å². The maximum atomic E-state index is 12.7. The molecule has 1 aromatic carbocycles. The van der Waals surface area contributed by atoms with Gasteiger partial charge >= 0.3 is 6.09 Å². The van der Waals surface area contributed by atoms with Crippen molar-refractivity contribution in [1.82, 2.24) is 35.2 Å². The first-order chi connectivity index (χ1) is 17.8. The molecule has 1 fully saturated rings. The summed E-state index contributed by atoms with van der Waals surface area (Å²) in [7, 11) is 4.75. The third-order valence-corrected chi connectivity index (χ3v) is 5.59. The van der Waals surface area contributed by atoms with E-state index in [1.54, 1.807) is 37.1 Å². The van der Waals surface area contributed by atoms with Gasteiger partial charge in [0.05, 0.1) is 36.6 Å². The quantitative estimate of drug-likeness (QED) is 0.404. The number of benzene rings is 1. The number of hydrogen-bond acceptors (Lipinski definition) is 10. The fraction of sp³-hybridized carbons (Fsp3) is 0.348. The first-order valence-corrected chi connectivity index (χ1v) is 11.5. The number of aromatic nitrogens is 5. The molecule has 194 valence electrons. The molecule has 3 heterocycles. The van der Waals surface area contributed by atoms with E-state index in [1.165, 1.54) is 25.1 Å². The highest BCUT2D eigenvalue weighted by molar-refractivity contribution is 6.00. The van der Waals surface area contributed by atoms with E-state index in [9.17, 15) is 14.4 Å². The number of rotatable bonds is 8. The number of nitrogens with one attached hydrogen (secondary N) is 3. The maximum Gasteiger partial charge on any atom is 0.409 e. The molecule has 1 aliphatic heterocycles. The number of hydrogen-bond donors (Lipinski definition) is 3. The van der Waals surface area contributed by atoms with Gasteiger partial charge in [-0.2, -0.15) is 5.10 Å². The molecule has 3 aromatic rings. The molecular weight excluding hydrogens is 482 g/mol. The monoisotopic (exact) mass is 509 g/mol. The summed E-state index contributed by atoms with van der Waals surface area (Å²) in [6, 6.07) is 6.87. The Morgan fingerprint density at radius 1 is 1.16 bits per heavy atom. The van der Waals surface area contributed by atoms with Crippen molar-refractivity contribution in [3.63, 3.8) is 0 Å². The molecule has 2 aromatic heterocycles. The number of anilines is 3. The fourth-order valence-corrected chi connectivity index (χ4v) is 3.71. The van der Waals surface area contributed by atoms with Gasteiger partial charge < -0.3 is 30.3 Å². The van der Waals surface area contributed by atoms with Crippen LogP contribution in [0.1, 0.15) is 17.4 Å². The molecule has 3 N–H and O–H groups in total. The van der Waals surface area contributed by atoms with Crippen molar-refractivity contribution in [2.45, 2.75) is 6.92 Å². The zero-order chi connectivity index (χ0) is 26.5. The molecule has 0 spiro atoms. The molecule has 0 saturated carbocycles. The minimum atomic E-state index is -0.474. The minimum absolute atomic E-state index is 0.0149. The Morgan fingerprint density at radius 2 is 1.95 bits per heavy atom. The predicted octanol–water partition coefficient (Wildman–Crippen LogP) is 1.41. The number of nitrogens with zero attached hydrogens (tertiary/aromatic N) is 6. The van der Waals surface area contributed by atoms with Crippen LogP contribution in [-0.2, 0) is 16.6 Å². The first kappa shape index (κ1) is 25.3. The van der Waals surface area contributed by atoms with Crippen LogP contribution in [0.5, 0.6) is 5.75 Å². The highest BCUT2D eigenvalue weighted by Gasteiger charge is 2.36. The van der Waals surface area contributed by atoms with Gasteiger partial charge in [0, 0.05) is 33.3 Å². The Balaban J connectivity index is 1.57. The summed E-state index contributed by atoms with van der Waals surface area (Å²) in [4.78, 5) is 42.6. The van der Waals surface area contributed by atoms with Gasteiger partial charge in [0.25, 0.3) is 5.91 Å². The number of para-hydroxylation sites is 1. The van der Waals surface area contributed by atoms with E-state index in [2.05, 4.69) is 36.2 Å². The predicted molar refractivity (Wildman–Crippen MR) is 132 cm³/mol. The second-order valence-electron chi connectivity index (χ2n) is 8.11. The van der Waals surface area contributed by atoms with Gasteiger partial charge in [-0.1, -0.05) is 6.07 Å². The Labute approximate surface area is 212 Å². The van der Waals surface area contributed by atoms with Gasteiger partial charge in [0.15, 0.2) is 23.1 Å². The second kappa shape index (κ2) is 10.9. The van der Waals surface area contributed by atoms with Crippen molar-refractivity contribution in [2.75, 3.05) is 44.5 Å². The first-order valence-electron chi connectivity index (χ1n) is 11.5. The fourth-order valence-electron chi connectivity index (χ4n) is 3.71. The van der Waals surface area contributed by atoms with Crippen LogP contribution < -0.4 is 20.7 Å². The van der Waals surface area contributed by atoms with Gasteiger partial charge in [-0.05, 0) is 19.1 Å². The Kier molecular flexibility index (Phi) is 7.46. The van der Waals surface area contributed by atoms with Crippen LogP contribution in [0, 0.1) is 5.92 Å². The van der Waals surface area contributed by atoms with Gasteiger partial charge in [-0.15, -0.1) is 10.2 Å². The van der Waals surface area contributed by atoms with E-state index < -0.39 is 17.9 Å². The van der Waals surface area contributed by atoms with Crippen LogP contribution >= 0.6 is 0 Å². The Bertz CT molecular complexity index is 1320. The van der Waals surface area contributed by atoms with Gasteiger partial charge in [-0.25, -0.2) is 9.78 Å². The lowest BCUT2D eigenvalue weighted by molar-refractivity contribution is -0.124. The average molecular weight is 510 g/mol. The summed E-state index contributed by atoms with van der Waals surface area (Å²) >= 11 is 0. The normalized spacial score (nSPS) is 12.9. The average Bonchev–Trinajstić information content (AvgIpc) is 3.29. The standard InChI is InChI=1S/C23H27N9O5/c1-5-37-23(35)32-10-13(11-32)21(33)27-17-9-16(18(29-28-17)22(34)24-2)26-15-8-6-7-14(19(15)36-4)20-25-12-31(3)30-20/h6-9,12-13H,5,10-11H2,1-4H3,(H,24,34)(H2,26,27,28,33). The van der Waals surface area contributed by atoms with Crippen molar-refractivity contribution in [1.29, 1.82) is 0 Å². The Hall–Kier alpha value is -4.75. The van der Waals surface area contributed by atoms with Crippen LogP contribution in [-0.4, -0.2) is 81.6 Å². The smallest absolute Gasteiger partial charge is 0.409 e. The molecule has 0 bridgehead atoms. The lowest BCUT2D eigenvalue weighted by Crippen LogP contribution is -2.54. The number of aryl methyl sites for hydroxylation is 1. The molecule has 3 amide bonds. The number of carbonyl (C=O) groups is 3. The molecule has 14 nitrogen and oxygen atoms in total. The molecule has 4 rings (SSSR count). The molecule has 1 saturated heterocycles. The van der Waals surface area contributed by atoms with E-state index in [4.69, 9.17) is 9.47 Å². The molecule has 14 heteroatoms. The van der Waals surface area contributed by atoms with Crippen molar-refractivity contribution < 1.29 is 23.9 Å². The molecule has 37 heavy (non-hydrogen) atoms. The third kappa shape index (κ3) is 5.42. The van der Waals surface area contributed by atoms with E-state index >= 15 is 0 Å². The molecule has 0 atom stereocenters. The van der Waals surface area contributed by atoms with E-state index in [1.807, 2.05) is 6.07 Å². The zero-order valence-electron chi connectivity index (χ0n) is 20.8. The number of ether oxygens (including phenoxy) is 2. The maximum absolute atomic E-state index is 12.7. The summed E-state index contributed by atoms with van der Waals surface area (Å²) in [6.45, 7) is 2.47. The molecule has 1 aliphatic rings. The Morgan fingerprint density at radius 3 is 2.59 bits per heavy atom. The minimum Gasteiger partial charge on any atom is -0.494 e. The third-order valence-electron chi connectivity index (χ3n) is 5.59. The summed E-state index contributed by atoms with van der Waals surface area (Å²) in [5.41, 5.74) is 1.46. The lowest BCUT2D eigenvalue weighted by atomic mass is 10.00. The van der Waals surface area contributed by atoms with Gasteiger partial charge in [-0.3, -0.25) is 14.3 Å². The summed E-state index contributed by atoms with van der Waals surface area (Å²) in [5, 5.41) is 20.7. The summed E-state index contributed by atoms with van der Waals surface area (Å²) < 4.78 is 12.1. The van der Waals surface area contributed by atoms with Crippen LogP contribution in [0.25, 0.3) is 11.4 Å². The van der Waals surface area contributed by atoms with Crippen molar-refractivity contribution in [3.05, 3.63) is 36.3 Å². The largest absolute Gasteiger partial charge is 0.494 e. The molecular formula is C23H27N9O5. The van der Waals surface area contributed by atoms with Crippen LogP contribution in [0.15, 0.2) is 30.6 Å². The van der Waals surface area contributed by atoms with E-state index in [0.717, 1.165) is 0 Å². The van der Waals surface area contributed by atoms with Gasteiger partial charge in [0.1, 0.15) is 6.33 Å². The highest BCUT2D eigenvalue weighted by atomic mass is 16.6. The molecule has 0 unspecified atom stereocenters. The number of carbonyl (C=O) groups excluding carboxylic acids is 3. The van der Waals surface area contributed by atoms with Gasteiger partial charge in [0.2, 0.25) is 5.91 Å². The van der Waals surface area contributed by atoms with E-state index in [-0.39, 0.29) is 42.8 Å². The van der Waals surface area contributed by atoms with Crippen LogP contribution in [0.3, 0.4) is 0 Å². The second-order valence-corrected chi connectivity index (χ2v) is 8.11. The SMILES string of the molecule is CCOC(=O)N1CC(C(=O)Nc2cc(Nc3cccc(-c4ncn(C)n4)c3OC)c(C(=O)NC)nn2)C1. The summed E-state index contributed by atoms with van der Waals surface area (Å²) in [6.07, 6.45) is 1.12. The molecule has 0 radical (unpaired) electrons. The lowest BCUT2D eigenvalue weighted by Gasteiger charge is -2.36. The number of likely N-dealkylation sites (tertiary alicyclic amines) is 1. The summed E-state index contributed by atoms with van der Waals surface area (Å²) in [5.74, 6) is -0.159.